The third-order valence-electron chi connectivity index (χ3n) is 3.69. The number of hydrogen-bond acceptors (Lipinski definition) is 3. The van der Waals surface area contributed by atoms with E-state index < -0.39 is 15.8 Å². The van der Waals surface area contributed by atoms with Crippen LogP contribution in [0.15, 0.2) is 4.99 Å². The van der Waals surface area contributed by atoms with Crippen molar-refractivity contribution in [3.8, 4) is 0 Å². The Morgan fingerprint density at radius 3 is 2.48 bits per heavy atom. The van der Waals surface area contributed by atoms with Gasteiger partial charge in [-0.2, -0.15) is 13.1 Å². The van der Waals surface area contributed by atoms with Gasteiger partial charge in [0.1, 0.15) is 0 Å². The normalized spacial score (nSPS) is 20.7. The summed E-state index contributed by atoms with van der Waals surface area (Å²) in [5.74, 6) is -2.80. The number of alkyl halides is 2. The van der Waals surface area contributed by atoms with Crippen LogP contribution in [0.5, 0.6) is 0 Å². The molecular formula is C12H24F2N4O2S. The van der Waals surface area contributed by atoms with Crippen molar-refractivity contribution < 1.29 is 17.2 Å². The lowest BCUT2D eigenvalue weighted by Crippen LogP contribution is -2.42. The number of nitrogens with zero attached hydrogens (tertiary/aromatic N) is 2. The van der Waals surface area contributed by atoms with Crippen molar-refractivity contribution in [2.24, 2.45) is 16.6 Å². The molecule has 9 heteroatoms. The molecule has 0 saturated carbocycles. The first-order valence-corrected chi connectivity index (χ1v) is 8.61. The lowest BCUT2D eigenvalue weighted by atomic mass is 9.98. The summed E-state index contributed by atoms with van der Waals surface area (Å²) in [5, 5.41) is 3.04. The van der Waals surface area contributed by atoms with Gasteiger partial charge in [-0.05, 0) is 32.1 Å². The molecular weight excluding hydrogens is 302 g/mol. The molecule has 0 radical (unpaired) electrons. The molecule has 1 unspecified atom stereocenters. The lowest BCUT2D eigenvalue weighted by molar-refractivity contribution is 0.205. The van der Waals surface area contributed by atoms with E-state index in [0.717, 1.165) is 10.7 Å². The minimum Gasteiger partial charge on any atom is -0.370 e. The van der Waals surface area contributed by atoms with Crippen molar-refractivity contribution in [3.05, 3.63) is 0 Å². The molecule has 0 aromatic rings. The Morgan fingerprint density at radius 1 is 1.43 bits per heavy atom. The highest BCUT2D eigenvalue weighted by Gasteiger charge is 2.34. The van der Waals surface area contributed by atoms with Crippen LogP contribution in [-0.2, 0) is 10.0 Å². The van der Waals surface area contributed by atoms with Gasteiger partial charge in [-0.1, -0.05) is 6.92 Å². The van der Waals surface area contributed by atoms with E-state index in [9.17, 15) is 17.2 Å². The van der Waals surface area contributed by atoms with Gasteiger partial charge in [0.2, 0.25) is 0 Å². The van der Waals surface area contributed by atoms with Gasteiger partial charge in [0.15, 0.2) is 5.96 Å². The molecule has 1 atom stereocenters. The average molecular weight is 326 g/mol. The Bertz CT molecular complexity index is 448. The van der Waals surface area contributed by atoms with Gasteiger partial charge in [0.25, 0.3) is 10.0 Å². The highest BCUT2D eigenvalue weighted by molar-refractivity contribution is 7.89. The van der Waals surface area contributed by atoms with E-state index >= 15 is 0 Å². The van der Waals surface area contributed by atoms with Crippen molar-refractivity contribution in [2.75, 3.05) is 19.6 Å². The Morgan fingerprint density at radius 2 is 2.00 bits per heavy atom. The smallest absolute Gasteiger partial charge is 0.350 e. The monoisotopic (exact) mass is 326 g/mol. The van der Waals surface area contributed by atoms with Crippen molar-refractivity contribution in [1.29, 1.82) is 0 Å². The summed E-state index contributed by atoms with van der Waals surface area (Å²) in [5.41, 5.74) is 5.74. The van der Waals surface area contributed by atoms with Gasteiger partial charge in [-0.25, -0.2) is 8.42 Å². The van der Waals surface area contributed by atoms with Crippen molar-refractivity contribution in [1.82, 2.24) is 9.62 Å². The summed E-state index contributed by atoms with van der Waals surface area (Å²) < 4.78 is 48.4. The van der Waals surface area contributed by atoms with Crippen LogP contribution in [0, 0.1) is 5.92 Å². The molecule has 1 heterocycles. The number of piperidine rings is 1. The van der Waals surface area contributed by atoms with Gasteiger partial charge in [0.05, 0.1) is 0 Å². The molecule has 0 amide bonds. The number of sulfonamides is 1. The SMILES string of the molecule is CCC(C)NC(N)=NCC1CCN(S(=O)(=O)C(F)F)CC1. The van der Waals surface area contributed by atoms with E-state index in [0.29, 0.717) is 25.3 Å². The summed E-state index contributed by atoms with van der Waals surface area (Å²) in [6.07, 6.45) is 1.97. The molecule has 0 aromatic carbocycles. The van der Waals surface area contributed by atoms with Crippen LogP contribution in [0.4, 0.5) is 8.78 Å². The van der Waals surface area contributed by atoms with Gasteiger partial charge >= 0.3 is 5.76 Å². The second-order valence-electron chi connectivity index (χ2n) is 5.33. The summed E-state index contributed by atoms with van der Waals surface area (Å²) in [7, 11) is -4.45. The number of hydrogen-bond donors (Lipinski definition) is 2. The zero-order valence-electron chi connectivity index (χ0n) is 12.4. The molecule has 1 aliphatic heterocycles. The zero-order valence-corrected chi connectivity index (χ0v) is 13.2. The Hall–Kier alpha value is -0.960. The second kappa shape index (κ2) is 7.88. The fourth-order valence-electron chi connectivity index (χ4n) is 2.09. The number of nitrogens with one attached hydrogen (secondary N) is 1. The van der Waals surface area contributed by atoms with E-state index in [1.165, 1.54) is 0 Å². The van der Waals surface area contributed by atoms with Crippen molar-refractivity contribution in [2.45, 2.75) is 44.9 Å². The number of guanidine groups is 1. The number of rotatable bonds is 6. The van der Waals surface area contributed by atoms with Crippen LogP contribution in [0.25, 0.3) is 0 Å². The van der Waals surface area contributed by atoms with Gasteiger partial charge < -0.3 is 11.1 Å². The number of aliphatic imine (C=N–C) groups is 1. The van der Waals surface area contributed by atoms with Crippen molar-refractivity contribution >= 4 is 16.0 Å². The van der Waals surface area contributed by atoms with Gasteiger partial charge in [-0.15, -0.1) is 0 Å². The summed E-state index contributed by atoms with van der Waals surface area (Å²) >= 11 is 0. The number of halogens is 2. The topological polar surface area (TPSA) is 87.8 Å². The van der Waals surface area contributed by atoms with E-state index in [1.54, 1.807) is 0 Å². The van der Waals surface area contributed by atoms with Crippen LogP contribution >= 0.6 is 0 Å². The fourth-order valence-corrected chi connectivity index (χ4v) is 3.03. The first kappa shape index (κ1) is 18.1. The minimum absolute atomic E-state index is 0.117. The number of nitrogens with two attached hydrogens (primary N) is 1. The zero-order chi connectivity index (χ0) is 16.0. The maximum absolute atomic E-state index is 12.4. The van der Waals surface area contributed by atoms with Crippen LogP contribution < -0.4 is 11.1 Å². The minimum atomic E-state index is -4.45. The first-order chi connectivity index (χ1) is 9.77. The standard InChI is InChI=1S/C12H24F2N4O2S/c1-3-9(2)17-12(15)16-8-10-4-6-18(7-5-10)21(19,20)11(13)14/h9-11H,3-8H2,1-2H3,(H3,15,16,17). The maximum Gasteiger partial charge on any atom is 0.350 e. The molecule has 3 N–H and O–H groups in total. The maximum atomic E-state index is 12.4. The molecule has 0 spiro atoms. The summed E-state index contributed by atoms with van der Waals surface area (Å²) in [4.78, 5) is 4.23. The van der Waals surface area contributed by atoms with Crippen LogP contribution in [-0.4, -0.2) is 50.1 Å². The quantitative estimate of drug-likeness (QED) is 0.562. The Kier molecular flexibility index (Phi) is 6.79. The Balaban J connectivity index is 2.42. The van der Waals surface area contributed by atoms with E-state index in [-0.39, 0.29) is 25.0 Å². The predicted octanol–water partition coefficient (Wildman–Crippen LogP) is 0.954. The van der Waals surface area contributed by atoms with Crippen molar-refractivity contribution in [3.63, 3.8) is 0 Å². The third kappa shape index (κ3) is 5.39. The molecule has 0 aliphatic carbocycles. The molecule has 0 aromatic heterocycles. The van der Waals surface area contributed by atoms with Gasteiger partial charge in [-0.3, -0.25) is 4.99 Å². The molecule has 1 aliphatic rings. The highest BCUT2D eigenvalue weighted by atomic mass is 32.2. The molecule has 1 fully saturated rings. The van der Waals surface area contributed by atoms with Crippen LogP contribution in [0.2, 0.25) is 0 Å². The highest BCUT2D eigenvalue weighted by Crippen LogP contribution is 2.22. The molecule has 1 rings (SSSR count). The van der Waals surface area contributed by atoms with Crippen LogP contribution in [0.1, 0.15) is 33.1 Å². The molecule has 6 nitrogen and oxygen atoms in total. The average Bonchev–Trinajstić information content (AvgIpc) is 2.45. The van der Waals surface area contributed by atoms with Crippen LogP contribution in [0.3, 0.4) is 0 Å². The fraction of sp³-hybridized carbons (Fsp3) is 0.917. The molecule has 1 saturated heterocycles. The molecule has 124 valence electrons. The third-order valence-corrected chi connectivity index (χ3v) is 5.22. The largest absolute Gasteiger partial charge is 0.370 e. The Labute approximate surface area is 124 Å². The predicted molar refractivity (Wildman–Crippen MR) is 78.6 cm³/mol. The van der Waals surface area contributed by atoms with E-state index in [2.05, 4.69) is 10.3 Å². The second-order valence-corrected chi connectivity index (χ2v) is 7.23. The van der Waals surface area contributed by atoms with Gasteiger partial charge in [0, 0.05) is 25.7 Å². The summed E-state index contributed by atoms with van der Waals surface area (Å²) in [6, 6.07) is 0.242. The summed E-state index contributed by atoms with van der Waals surface area (Å²) in [6.45, 7) is 4.75. The lowest BCUT2D eigenvalue weighted by Gasteiger charge is -2.30. The molecule has 21 heavy (non-hydrogen) atoms. The molecule has 0 bridgehead atoms. The first-order valence-electron chi connectivity index (χ1n) is 7.11. The van der Waals surface area contributed by atoms with E-state index in [4.69, 9.17) is 5.73 Å². The van der Waals surface area contributed by atoms with E-state index in [1.807, 2.05) is 13.8 Å².